The Bertz CT molecular complexity index is 317. The van der Waals surface area contributed by atoms with Gasteiger partial charge in [0, 0.05) is 19.1 Å². The number of nitrogens with zero attached hydrogens (tertiary/aromatic N) is 2. The highest BCUT2D eigenvalue weighted by Gasteiger charge is 2.37. The predicted octanol–water partition coefficient (Wildman–Crippen LogP) is 0.376. The standard InChI is InChI=1S/C11H18N2O4/c1-8-6-12(4-5-17-8)11(16)13(7-10(14)15)9-2-3-9/h8-9H,2-7H2,1H3,(H,14,15). The first-order chi connectivity index (χ1) is 8.08. The quantitative estimate of drug-likeness (QED) is 0.776. The molecule has 1 saturated heterocycles. The predicted molar refractivity (Wildman–Crippen MR) is 59.7 cm³/mol. The molecule has 0 aromatic carbocycles. The van der Waals surface area contributed by atoms with Crippen molar-refractivity contribution >= 4 is 12.0 Å². The zero-order valence-electron chi connectivity index (χ0n) is 9.96. The lowest BCUT2D eigenvalue weighted by atomic mass is 10.3. The molecule has 0 spiro atoms. The van der Waals surface area contributed by atoms with Crippen LogP contribution in [0.5, 0.6) is 0 Å². The number of carboxylic acids is 1. The molecule has 17 heavy (non-hydrogen) atoms. The summed E-state index contributed by atoms with van der Waals surface area (Å²) in [5, 5.41) is 8.82. The SMILES string of the molecule is CC1CN(C(=O)N(CC(=O)O)C2CC2)CCO1. The summed E-state index contributed by atoms with van der Waals surface area (Å²) in [6.45, 7) is 3.33. The summed E-state index contributed by atoms with van der Waals surface area (Å²) in [6.07, 6.45) is 1.86. The number of urea groups is 1. The van der Waals surface area contributed by atoms with E-state index in [9.17, 15) is 9.59 Å². The normalized spacial score (nSPS) is 24.5. The van der Waals surface area contributed by atoms with Gasteiger partial charge in [-0.1, -0.05) is 0 Å². The third-order valence-electron chi connectivity index (χ3n) is 3.05. The van der Waals surface area contributed by atoms with Crippen molar-refractivity contribution in [3.63, 3.8) is 0 Å². The van der Waals surface area contributed by atoms with Gasteiger partial charge in [0.1, 0.15) is 6.54 Å². The Morgan fingerprint density at radius 3 is 2.71 bits per heavy atom. The Morgan fingerprint density at radius 1 is 1.47 bits per heavy atom. The first-order valence-corrected chi connectivity index (χ1v) is 5.97. The Kier molecular flexibility index (Phi) is 3.51. The molecule has 6 heteroatoms. The Balaban J connectivity index is 1.97. The average Bonchev–Trinajstić information content (AvgIpc) is 3.08. The maximum absolute atomic E-state index is 12.2. The highest BCUT2D eigenvalue weighted by molar-refractivity contribution is 5.80. The van der Waals surface area contributed by atoms with E-state index in [1.165, 1.54) is 4.90 Å². The van der Waals surface area contributed by atoms with Gasteiger partial charge in [0.15, 0.2) is 0 Å². The van der Waals surface area contributed by atoms with Gasteiger partial charge in [-0.05, 0) is 19.8 Å². The summed E-state index contributed by atoms with van der Waals surface area (Å²) in [7, 11) is 0. The number of carbonyl (C=O) groups excluding carboxylic acids is 1. The number of carbonyl (C=O) groups is 2. The maximum atomic E-state index is 12.2. The fourth-order valence-electron chi connectivity index (χ4n) is 2.06. The van der Waals surface area contributed by atoms with Gasteiger partial charge >= 0.3 is 12.0 Å². The molecule has 2 amide bonds. The van der Waals surface area contributed by atoms with E-state index in [1.54, 1.807) is 4.90 Å². The highest BCUT2D eigenvalue weighted by atomic mass is 16.5. The van der Waals surface area contributed by atoms with Gasteiger partial charge in [-0.3, -0.25) is 4.79 Å². The number of carboxylic acid groups (broad SMARTS) is 1. The van der Waals surface area contributed by atoms with Gasteiger partial charge in [0.2, 0.25) is 0 Å². The van der Waals surface area contributed by atoms with Crippen molar-refractivity contribution in [1.29, 1.82) is 0 Å². The van der Waals surface area contributed by atoms with Crippen molar-refractivity contribution in [2.24, 2.45) is 0 Å². The van der Waals surface area contributed by atoms with Gasteiger partial charge in [-0.15, -0.1) is 0 Å². The second-order valence-corrected chi connectivity index (χ2v) is 4.66. The molecule has 1 aliphatic carbocycles. The monoisotopic (exact) mass is 242 g/mol. The molecular formula is C11H18N2O4. The number of rotatable bonds is 3. The number of aliphatic carboxylic acids is 1. The molecule has 2 aliphatic rings. The summed E-state index contributed by atoms with van der Waals surface area (Å²) < 4.78 is 5.37. The van der Waals surface area contributed by atoms with E-state index in [1.807, 2.05) is 6.92 Å². The molecule has 0 bridgehead atoms. The van der Waals surface area contributed by atoms with Crippen LogP contribution in [-0.4, -0.2) is 65.3 Å². The van der Waals surface area contributed by atoms with Crippen LogP contribution in [0.1, 0.15) is 19.8 Å². The Labute approximate surface area is 100 Å². The molecule has 1 unspecified atom stereocenters. The van der Waals surface area contributed by atoms with Crippen molar-refractivity contribution in [1.82, 2.24) is 9.80 Å². The molecular weight excluding hydrogens is 224 g/mol. The fourth-order valence-corrected chi connectivity index (χ4v) is 2.06. The zero-order valence-corrected chi connectivity index (χ0v) is 9.96. The summed E-state index contributed by atoms with van der Waals surface area (Å²) in [5.74, 6) is -0.952. The van der Waals surface area contributed by atoms with Crippen LogP contribution in [0.15, 0.2) is 0 Å². The van der Waals surface area contributed by atoms with Crippen LogP contribution in [0.3, 0.4) is 0 Å². The van der Waals surface area contributed by atoms with Gasteiger partial charge in [0.05, 0.1) is 12.7 Å². The summed E-state index contributed by atoms with van der Waals surface area (Å²) in [4.78, 5) is 26.1. The van der Waals surface area contributed by atoms with E-state index in [0.717, 1.165) is 12.8 Å². The van der Waals surface area contributed by atoms with Crippen LogP contribution in [0, 0.1) is 0 Å². The summed E-state index contributed by atoms with van der Waals surface area (Å²) >= 11 is 0. The van der Waals surface area contributed by atoms with E-state index in [0.29, 0.717) is 19.7 Å². The molecule has 96 valence electrons. The molecule has 1 heterocycles. The number of morpholine rings is 1. The van der Waals surface area contributed by atoms with Gasteiger partial charge in [-0.2, -0.15) is 0 Å². The third kappa shape index (κ3) is 3.09. The van der Waals surface area contributed by atoms with Crippen LogP contribution >= 0.6 is 0 Å². The minimum atomic E-state index is -0.952. The molecule has 0 radical (unpaired) electrons. The highest BCUT2D eigenvalue weighted by Crippen LogP contribution is 2.27. The van der Waals surface area contributed by atoms with Crippen molar-refractivity contribution in [3.05, 3.63) is 0 Å². The number of ether oxygens (including phenoxy) is 1. The Hall–Kier alpha value is -1.30. The number of hydrogen-bond donors (Lipinski definition) is 1. The van der Waals surface area contributed by atoms with Gasteiger partial charge in [0.25, 0.3) is 0 Å². The second-order valence-electron chi connectivity index (χ2n) is 4.66. The zero-order chi connectivity index (χ0) is 12.4. The van der Waals surface area contributed by atoms with E-state index < -0.39 is 5.97 Å². The molecule has 1 atom stereocenters. The van der Waals surface area contributed by atoms with Gasteiger partial charge in [-0.25, -0.2) is 4.79 Å². The molecule has 2 rings (SSSR count). The lowest BCUT2D eigenvalue weighted by molar-refractivity contribution is -0.138. The summed E-state index contributed by atoms with van der Waals surface area (Å²) in [5.41, 5.74) is 0. The largest absolute Gasteiger partial charge is 0.480 e. The lowest BCUT2D eigenvalue weighted by Crippen LogP contribution is -2.52. The smallest absolute Gasteiger partial charge is 0.323 e. The second kappa shape index (κ2) is 4.91. The van der Waals surface area contributed by atoms with Crippen molar-refractivity contribution in [2.45, 2.75) is 31.9 Å². The molecule has 0 aromatic rings. The van der Waals surface area contributed by atoms with Gasteiger partial charge < -0.3 is 19.6 Å². The topological polar surface area (TPSA) is 70.1 Å². The number of amides is 2. The molecule has 6 nitrogen and oxygen atoms in total. The van der Waals surface area contributed by atoms with Crippen LogP contribution in [0.25, 0.3) is 0 Å². The average molecular weight is 242 g/mol. The summed E-state index contributed by atoms with van der Waals surface area (Å²) in [6, 6.07) is -0.0400. The van der Waals surface area contributed by atoms with E-state index in [2.05, 4.69) is 0 Å². The lowest BCUT2D eigenvalue weighted by Gasteiger charge is -2.35. The van der Waals surface area contributed by atoms with Crippen molar-refractivity contribution < 1.29 is 19.4 Å². The van der Waals surface area contributed by atoms with Crippen LogP contribution in [0.2, 0.25) is 0 Å². The fraction of sp³-hybridized carbons (Fsp3) is 0.818. The minimum Gasteiger partial charge on any atom is -0.480 e. The third-order valence-corrected chi connectivity index (χ3v) is 3.05. The maximum Gasteiger partial charge on any atom is 0.323 e. The molecule has 2 fully saturated rings. The van der Waals surface area contributed by atoms with Crippen LogP contribution < -0.4 is 0 Å². The minimum absolute atomic E-state index is 0.0265. The molecule has 1 N–H and O–H groups in total. The van der Waals surface area contributed by atoms with Crippen LogP contribution in [-0.2, 0) is 9.53 Å². The van der Waals surface area contributed by atoms with Crippen LogP contribution in [0.4, 0.5) is 4.79 Å². The Morgan fingerprint density at radius 2 is 2.18 bits per heavy atom. The van der Waals surface area contributed by atoms with E-state index in [-0.39, 0.29) is 24.7 Å². The first kappa shape index (κ1) is 12.2. The van der Waals surface area contributed by atoms with Crippen molar-refractivity contribution in [2.75, 3.05) is 26.2 Å². The van der Waals surface area contributed by atoms with E-state index in [4.69, 9.17) is 9.84 Å². The first-order valence-electron chi connectivity index (χ1n) is 5.97. The molecule has 0 aromatic heterocycles. The molecule has 1 saturated carbocycles. The molecule has 1 aliphatic heterocycles. The number of hydrogen-bond acceptors (Lipinski definition) is 3. The van der Waals surface area contributed by atoms with E-state index >= 15 is 0 Å². The van der Waals surface area contributed by atoms with Crippen molar-refractivity contribution in [3.8, 4) is 0 Å².